The van der Waals surface area contributed by atoms with Crippen LogP contribution in [0.3, 0.4) is 0 Å². The van der Waals surface area contributed by atoms with Crippen LogP contribution < -0.4 is 0 Å². The molecule has 0 aliphatic heterocycles. The Morgan fingerprint density at radius 1 is 1.38 bits per heavy atom. The van der Waals surface area contributed by atoms with Gasteiger partial charge < -0.3 is 14.7 Å². The van der Waals surface area contributed by atoms with Crippen LogP contribution in [-0.4, -0.2) is 47.7 Å². The van der Waals surface area contributed by atoms with Gasteiger partial charge in [0.05, 0.1) is 19.1 Å². The van der Waals surface area contributed by atoms with Crippen molar-refractivity contribution >= 4 is 41.2 Å². The van der Waals surface area contributed by atoms with Crippen LogP contribution in [0.4, 0.5) is 0 Å². The molecule has 7 heteroatoms. The first-order chi connectivity index (χ1) is 11.3. The summed E-state index contributed by atoms with van der Waals surface area (Å²) >= 11 is 11.9. The van der Waals surface area contributed by atoms with E-state index in [-0.39, 0.29) is 38.0 Å². The average Bonchev–Trinajstić information content (AvgIpc) is 2.50. The number of amides is 1. The van der Waals surface area contributed by atoms with Gasteiger partial charge in [0.2, 0.25) is 5.91 Å². The molecule has 0 aliphatic carbocycles. The van der Waals surface area contributed by atoms with Crippen molar-refractivity contribution in [3.05, 3.63) is 39.9 Å². The predicted molar refractivity (Wildman–Crippen MR) is 95.0 cm³/mol. The second-order valence-corrected chi connectivity index (χ2v) is 6.03. The first kappa shape index (κ1) is 20.5. The number of esters is 1. The maximum Gasteiger partial charge on any atom is 0.307 e. The highest BCUT2D eigenvalue weighted by atomic mass is 35.5. The zero-order valence-electron chi connectivity index (χ0n) is 13.7. The van der Waals surface area contributed by atoms with Crippen LogP contribution in [0.1, 0.15) is 25.8 Å². The van der Waals surface area contributed by atoms with Crippen molar-refractivity contribution in [2.45, 2.75) is 26.4 Å². The Morgan fingerprint density at radius 2 is 2.08 bits per heavy atom. The molecule has 0 saturated heterocycles. The summed E-state index contributed by atoms with van der Waals surface area (Å²) in [6.07, 6.45) is 2.29. The Bertz CT molecular complexity index is 602. The third-order valence-electron chi connectivity index (χ3n) is 3.06. The van der Waals surface area contributed by atoms with Crippen LogP contribution in [-0.2, 0) is 14.3 Å². The Morgan fingerprint density at radius 3 is 2.67 bits per heavy atom. The molecule has 0 heterocycles. The van der Waals surface area contributed by atoms with E-state index in [0.717, 1.165) is 0 Å². The van der Waals surface area contributed by atoms with Crippen molar-refractivity contribution in [1.82, 2.24) is 4.90 Å². The molecule has 1 atom stereocenters. The van der Waals surface area contributed by atoms with Crippen molar-refractivity contribution in [2.75, 3.05) is 19.7 Å². The quantitative estimate of drug-likeness (QED) is 0.561. The van der Waals surface area contributed by atoms with E-state index in [9.17, 15) is 14.7 Å². The lowest BCUT2D eigenvalue weighted by Gasteiger charge is -2.22. The molecule has 0 aliphatic rings. The number of halogens is 2. The van der Waals surface area contributed by atoms with E-state index in [0.29, 0.717) is 15.6 Å². The summed E-state index contributed by atoms with van der Waals surface area (Å²) in [5, 5.41) is 10.5. The van der Waals surface area contributed by atoms with Crippen molar-refractivity contribution < 1.29 is 19.4 Å². The fourth-order valence-corrected chi connectivity index (χ4v) is 2.44. The van der Waals surface area contributed by atoms with Gasteiger partial charge in [0, 0.05) is 29.2 Å². The monoisotopic (exact) mass is 373 g/mol. The standard InChI is InChI=1S/C17H21Cl2NO4/c1-3-24-17(23)8-9-20(11-12(2)21)16(22)7-5-13-4-6-14(18)10-15(13)19/h4-7,10,12,21H,3,8-9,11H2,1-2H3/b7-5+. The SMILES string of the molecule is CCOC(=O)CCN(CC(C)O)C(=O)/C=C/c1ccc(Cl)cc1Cl. The number of carbonyl (C=O) groups excluding carboxylic acids is 2. The van der Waals surface area contributed by atoms with E-state index in [2.05, 4.69) is 0 Å². The number of nitrogens with zero attached hydrogens (tertiary/aromatic N) is 1. The van der Waals surface area contributed by atoms with Gasteiger partial charge in [0.25, 0.3) is 0 Å². The number of rotatable bonds is 8. The topological polar surface area (TPSA) is 66.8 Å². The smallest absolute Gasteiger partial charge is 0.307 e. The van der Waals surface area contributed by atoms with Gasteiger partial charge in [-0.2, -0.15) is 0 Å². The molecule has 0 aromatic heterocycles. The second kappa shape index (κ2) is 10.3. The van der Waals surface area contributed by atoms with Crippen LogP contribution in [0.15, 0.2) is 24.3 Å². The average molecular weight is 374 g/mol. The summed E-state index contributed by atoms with van der Waals surface area (Å²) in [6.45, 7) is 3.87. The molecule has 1 aromatic carbocycles. The second-order valence-electron chi connectivity index (χ2n) is 5.19. The predicted octanol–water partition coefficient (Wildman–Crippen LogP) is 3.17. The largest absolute Gasteiger partial charge is 0.466 e. The minimum atomic E-state index is -0.705. The summed E-state index contributed by atoms with van der Waals surface area (Å²) in [4.78, 5) is 25.1. The molecule has 0 spiro atoms. The van der Waals surface area contributed by atoms with E-state index in [4.69, 9.17) is 27.9 Å². The van der Waals surface area contributed by atoms with E-state index >= 15 is 0 Å². The lowest BCUT2D eigenvalue weighted by molar-refractivity contribution is -0.144. The van der Waals surface area contributed by atoms with Crippen molar-refractivity contribution in [3.63, 3.8) is 0 Å². The van der Waals surface area contributed by atoms with E-state index in [1.54, 1.807) is 38.1 Å². The third kappa shape index (κ3) is 7.34. The van der Waals surface area contributed by atoms with Gasteiger partial charge in [-0.1, -0.05) is 29.3 Å². The van der Waals surface area contributed by atoms with Gasteiger partial charge in [-0.25, -0.2) is 0 Å². The highest BCUT2D eigenvalue weighted by Gasteiger charge is 2.15. The highest BCUT2D eigenvalue weighted by Crippen LogP contribution is 2.22. The molecule has 0 radical (unpaired) electrons. The summed E-state index contributed by atoms with van der Waals surface area (Å²) < 4.78 is 4.85. The Kier molecular flexibility index (Phi) is 8.82. The number of aliphatic hydroxyl groups is 1. The van der Waals surface area contributed by atoms with Crippen molar-refractivity contribution in [2.24, 2.45) is 0 Å². The molecule has 132 valence electrons. The van der Waals surface area contributed by atoms with Crippen LogP contribution in [0, 0.1) is 0 Å². The normalized spacial score (nSPS) is 12.2. The van der Waals surface area contributed by atoms with Gasteiger partial charge in [-0.3, -0.25) is 9.59 Å². The molecular weight excluding hydrogens is 353 g/mol. The van der Waals surface area contributed by atoms with Gasteiger partial charge in [-0.15, -0.1) is 0 Å². The molecule has 0 saturated carbocycles. The fraction of sp³-hybridized carbons (Fsp3) is 0.412. The molecule has 0 bridgehead atoms. The minimum absolute atomic E-state index is 0.0713. The fourth-order valence-electron chi connectivity index (χ4n) is 1.97. The molecule has 0 fully saturated rings. The zero-order valence-corrected chi connectivity index (χ0v) is 15.2. The number of carbonyl (C=O) groups is 2. The highest BCUT2D eigenvalue weighted by molar-refractivity contribution is 6.35. The number of benzene rings is 1. The lowest BCUT2D eigenvalue weighted by Crippen LogP contribution is -2.37. The van der Waals surface area contributed by atoms with E-state index in [1.165, 1.54) is 11.0 Å². The third-order valence-corrected chi connectivity index (χ3v) is 3.62. The maximum absolute atomic E-state index is 12.3. The summed E-state index contributed by atoms with van der Waals surface area (Å²) in [5.41, 5.74) is 0.650. The number of aliphatic hydroxyl groups excluding tert-OH is 1. The van der Waals surface area contributed by atoms with Gasteiger partial charge in [0.15, 0.2) is 0 Å². The molecule has 1 N–H and O–H groups in total. The molecule has 24 heavy (non-hydrogen) atoms. The van der Waals surface area contributed by atoms with Gasteiger partial charge in [-0.05, 0) is 37.6 Å². The molecule has 1 unspecified atom stereocenters. The van der Waals surface area contributed by atoms with E-state index in [1.807, 2.05) is 0 Å². The molecule has 5 nitrogen and oxygen atoms in total. The first-order valence-corrected chi connectivity index (χ1v) is 8.34. The molecule has 1 rings (SSSR count). The maximum atomic E-state index is 12.3. The Labute approximate surface area is 151 Å². The molecule has 1 amide bonds. The number of hydrogen-bond acceptors (Lipinski definition) is 4. The van der Waals surface area contributed by atoms with Gasteiger partial charge >= 0.3 is 5.97 Å². The van der Waals surface area contributed by atoms with Crippen molar-refractivity contribution in [1.29, 1.82) is 0 Å². The summed E-state index contributed by atoms with van der Waals surface area (Å²) in [5.74, 6) is -0.711. The number of ether oxygens (including phenoxy) is 1. The molecule has 1 aromatic rings. The summed E-state index contributed by atoms with van der Waals surface area (Å²) in [6, 6.07) is 4.96. The Hall–Kier alpha value is -1.56. The van der Waals surface area contributed by atoms with Crippen molar-refractivity contribution in [3.8, 4) is 0 Å². The van der Waals surface area contributed by atoms with Crippen LogP contribution >= 0.6 is 23.2 Å². The zero-order chi connectivity index (χ0) is 18.1. The van der Waals surface area contributed by atoms with Crippen LogP contribution in [0.5, 0.6) is 0 Å². The number of hydrogen-bond donors (Lipinski definition) is 1. The molecular formula is C17H21Cl2NO4. The minimum Gasteiger partial charge on any atom is -0.466 e. The van der Waals surface area contributed by atoms with Crippen LogP contribution in [0.25, 0.3) is 6.08 Å². The summed E-state index contributed by atoms with van der Waals surface area (Å²) in [7, 11) is 0. The lowest BCUT2D eigenvalue weighted by atomic mass is 10.2. The first-order valence-electron chi connectivity index (χ1n) is 7.59. The van der Waals surface area contributed by atoms with E-state index < -0.39 is 6.10 Å². The van der Waals surface area contributed by atoms with Crippen LogP contribution in [0.2, 0.25) is 10.0 Å². The Balaban J connectivity index is 2.75. The van der Waals surface area contributed by atoms with Gasteiger partial charge in [0.1, 0.15) is 0 Å².